The fourth-order valence-electron chi connectivity index (χ4n) is 2.40. The van der Waals surface area contributed by atoms with Crippen molar-refractivity contribution in [2.24, 2.45) is 0 Å². The number of ether oxygens (including phenoxy) is 1. The van der Waals surface area contributed by atoms with Crippen LogP contribution in [0.5, 0.6) is 11.5 Å². The number of carbonyl (C=O) groups is 1. The Hall–Kier alpha value is -2.97. The van der Waals surface area contributed by atoms with E-state index in [0.29, 0.717) is 11.3 Å². The Kier molecular flexibility index (Phi) is 11.1. The summed E-state index contributed by atoms with van der Waals surface area (Å²) in [6, 6.07) is 4.59. The summed E-state index contributed by atoms with van der Waals surface area (Å²) in [5.41, 5.74) is 4.78. The first-order chi connectivity index (χ1) is 14.2. The molecule has 1 fully saturated rings. The minimum absolute atomic E-state index is 0.0278. The highest BCUT2D eigenvalue weighted by atomic mass is 16.5. The standard InChI is InChI=1S/C10H10O4.C8H12N2.C4H10N2/c1-14-9-6-7(2-4-8(9)11)3-5-10(12)13;1-5-6(2)10-8(4)7(3)9-5;1-2-6-4-3-5-1/h2-6,11H,1H3,(H,12,13);1-4H3;5-6H,1-4H2/b5-3-;;. The zero-order valence-electron chi connectivity index (χ0n) is 18.3. The van der Waals surface area contributed by atoms with E-state index in [2.05, 4.69) is 20.6 Å². The number of aryl methyl sites for hydroxylation is 4. The molecule has 1 aromatic carbocycles. The number of phenolic OH excluding ortho intramolecular Hbond substituents is 1. The van der Waals surface area contributed by atoms with Gasteiger partial charge in [0.1, 0.15) is 0 Å². The molecule has 0 spiro atoms. The van der Waals surface area contributed by atoms with Gasteiger partial charge >= 0.3 is 5.97 Å². The topological polar surface area (TPSA) is 117 Å². The van der Waals surface area contributed by atoms with Gasteiger partial charge in [0, 0.05) is 32.3 Å². The van der Waals surface area contributed by atoms with Crippen molar-refractivity contribution in [3.05, 3.63) is 52.6 Å². The highest BCUT2D eigenvalue weighted by Crippen LogP contribution is 2.26. The summed E-state index contributed by atoms with van der Waals surface area (Å²) in [7, 11) is 1.43. The minimum Gasteiger partial charge on any atom is -0.504 e. The highest BCUT2D eigenvalue weighted by Gasteiger charge is 2.00. The summed E-state index contributed by atoms with van der Waals surface area (Å²) >= 11 is 0. The summed E-state index contributed by atoms with van der Waals surface area (Å²) in [6.07, 6.45) is 2.44. The maximum Gasteiger partial charge on any atom is 0.328 e. The quantitative estimate of drug-likeness (QED) is 0.564. The number of benzene rings is 1. The second-order valence-corrected chi connectivity index (χ2v) is 6.67. The van der Waals surface area contributed by atoms with Crippen molar-refractivity contribution in [1.29, 1.82) is 0 Å². The molecule has 2 heterocycles. The fraction of sp³-hybridized carbons (Fsp3) is 0.409. The summed E-state index contributed by atoms with van der Waals surface area (Å²) in [5.74, 6) is -0.672. The lowest BCUT2D eigenvalue weighted by atomic mass is 10.2. The Morgan fingerprint density at radius 2 is 1.43 bits per heavy atom. The predicted octanol–water partition coefficient (Wildman–Crippen LogP) is 2.39. The van der Waals surface area contributed by atoms with Gasteiger partial charge in [-0.1, -0.05) is 6.07 Å². The molecular formula is C22H32N4O4. The summed E-state index contributed by atoms with van der Waals surface area (Å²) in [4.78, 5) is 18.8. The molecule has 1 aliphatic heterocycles. The van der Waals surface area contributed by atoms with Crippen LogP contribution in [0.1, 0.15) is 28.3 Å². The number of nitrogens with zero attached hydrogens (tertiary/aromatic N) is 2. The van der Waals surface area contributed by atoms with Gasteiger partial charge in [-0.25, -0.2) is 4.79 Å². The molecule has 1 saturated heterocycles. The average Bonchev–Trinajstić information content (AvgIpc) is 2.74. The van der Waals surface area contributed by atoms with E-state index in [1.807, 2.05) is 27.7 Å². The lowest BCUT2D eigenvalue weighted by Gasteiger charge is -2.11. The number of methoxy groups -OCH3 is 1. The van der Waals surface area contributed by atoms with Gasteiger partial charge in [0.15, 0.2) is 11.5 Å². The largest absolute Gasteiger partial charge is 0.504 e. The van der Waals surface area contributed by atoms with Gasteiger partial charge in [-0.3, -0.25) is 9.97 Å². The van der Waals surface area contributed by atoms with Crippen molar-refractivity contribution in [2.75, 3.05) is 33.3 Å². The third-order valence-corrected chi connectivity index (χ3v) is 4.30. The van der Waals surface area contributed by atoms with Crippen molar-refractivity contribution in [1.82, 2.24) is 20.6 Å². The van der Waals surface area contributed by atoms with E-state index in [1.54, 1.807) is 12.1 Å². The number of nitrogens with one attached hydrogen (secondary N) is 2. The lowest BCUT2D eigenvalue weighted by Crippen LogP contribution is -2.39. The van der Waals surface area contributed by atoms with Crippen LogP contribution in [0.2, 0.25) is 0 Å². The van der Waals surface area contributed by atoms with Crippen molar-refractivity contribution < 1.29 is 19.7 Å². The Bertz CT molecular complexity index is 788. The van der Waals surface area contributed by atoms with E-state index in [4.69, 9.17) is 9.84 Å². The van der Waals surface area contributed by atoms with E-state index in [0.717, 1.165) is 55.0 Å². The lowest BCUT2D eigenvalue weighted by molar-refractivity contribution is -0.131. The molecule has 164 valence electrons. The number of aliphatic carboxylic acids is 1. The smallest absolute Gasteiger partial charge is 0.328 e. The first-order valence-corrected chi connectivity index (χ1v) is 9.72. The maximum atomic E-state index is 10.2. The second-order valence-electron chi connectivity index (χ2n) is 6.67. The number of phenols is 1. The second kappa shape index (κ2) is 13.3. The molecule has 0 bridgehead atoms. The summed E-state index contributed by atoms with van der Waals surface area (Å²) in [5, 5.41) is 24.1. The molecule has 4 N–H and O–H groups in total. The van der Waals surface area contributed by atoms with Gasteiger partial charge in [-0.05, 0) is 51.5 Å². The van der Waals surface area contributed by atoms with Gasteiger partial charge in [-0.2, -0.15) is 0 Å². The third-order valence-electron chi connectivity index (χ3n) is 4.30. The van der Waals surface area contributed by atoms with Crippen LogP contribution in [-0.2, 0) is 4.79 Å². The highest BCUT2D eigenvalue weighted by molar-refractivity contribution is 5.85. The van der Waals surface area contributed by atoms with Gasteiger partial charge in [-0.15, -0.1) is 0 Å². The molecule has 1 aliphatic rings. The van der Waals surface area contributed by atoms with Crippen LogP contribution in [0.15, 0.2) is 24.3 Å². The number of carboxylic acids is 1. The third kappa shape index (κ3) is 9.49. The molecule has 0 atom stereocenters. The fourth-order valence-corrected chi connectivity index (χ4v) is 2.40. The number of hydrogen-bond donors (Lipinski definition) is 4. The molecule has 0 aliphatic carbocycles. The Balaban J connectivity index is 0.000000244. The molecule has 0 saturated carbocycles. The molecular weight excluding hydrogens is 384 g/mol. The number of aromatic nitrogens is 2. The average molecular weight is 417 g/mol. The van der Waals surface area contributed by atoms with E-state index in [9.17, 15) is 9.90 Å². The first kappa shape index (κ1) is 25.1. The molecule has 2 aromatic rings. The van der Waals surface area contributed by atoms with Crippen LogP contribution in [0, 0.1) is 27.7 Å². The molecule has 30 heavy (non-hydrogen) atoms. The monoisotopic (exact) mass is 416 g/mol. The van der Waals surface area contributed by atoms with Gasteiger partial charge < -0.3 is 25.6 Å². The summed E-state index contributed by atoms with van der Waals surface area (Å²) in [6.45, 7) is 12.5. The zero-order valence-corrected chi connectivity index (χ0v) is 18.3. The van der Waals surface area contributed by atoms with Crippen LogP contribution in [0.4, 0.5) is 0 Å². The predicted molar refractivity (Wildman–Crippen MR) is 118 cm³/mol. The van der Waals surface area contributed by atoms with Crippen molar-refractivity contribution >= 4 is 12.0 Å². The van der Waals surface area contributed by atoms with E-state index >= 15 is 0 Å². The number of aromatic hydroxyl groups is 1. The number of rotatable bonds is 3. The number of carboxylic acid groups (broad SMARTS) is 1. The molecule has 0 radical (unpaired) electrons. The molecule has 0 unspecified atom stereocenters. The van der Waals surface area contributed by atoms with E-state index in [1.165, 1.54) is 19.3 Å². The van der Waals surface area contributed by atoms with Crippen LogP contribution in [0.3, 0.4) is 0 Å². The molecule has 8 heteroatoms. The van der Waals surface area contributed by atoms with Gasteiger partial charge in [0.2, 0.25) is 0 Å². The molecule has 8 nitrogen and oxygen atoms in total. The van der Waals surface area contributed by atoms with Crippen LogP contribution in [0.25, 0.3) is 6.08 Å². The first-order valence-electron chi connectivity index (χ1n) is 9.72. The number of piperazine rings is 1. The van der Waals surface area contributed by atoms with Crippen LogP contribution >= 0.6 is 0 Å². The summed E-state index contributed by atoms with van der Waals surface area (Å²) < 4.78 is 4.86. The molecule has 0 amide bonds. The van der Waals surface area contributed by atoms with Crippen molar-refractivity contribution in [3.63, 3.8) is 0 Å². The van der Waals surface area contributed by atoms with Gasteiger partial charge in [0.25, 0.3) is 0 Å². The van der Waals surface area contributed by atoms with E-state index in [-0.39, 0.29) is 5.75 Å². The maximum absolute atomic E-state index is 10.2. The number of hydrogen-bond acceptors (Lipinski definition) is 7. The Labute approximate surface area is 178 Å². The Morgan fingerprint density at radius 1 is 0.967 bits per heavy atom. The van der Waals surface area contributed by atoms with Crippen molar-refractivity contribution in [2.45, 2.75) is 27.7 Å². The van der Waals surface area contributed by atoms with Gasteiger partial charge in [0.05, 0.1) is 29.9 Å². The van der Waals surface area contributed by atoms with Crippen LogP contribution in [-0.4, -0.2) is 59.4 Å². The van der Waals surface area contributed by atoms with E-state index < -0.39 is 5.97 Å². The van der Waals surface area contributed by atoms with Crippen molar-refractivity contribution in [3.8, 4) is 11.5 Å². The minimum atomic E-state index is -1.02. The SMILES string of the molecule is C1CNCCN1.COc1cc(/C=C\C(=O)O)ccc1O.Cc1nc(C)c(C)nc1C. The molecule has 1 aromatic heterocycles. The normalized spacial score (nSPS) is 13.0. The molecule has 3 rings (SSSR count). The van der Waals surface area contributed by atoms with Crippen LogP contribution < -0.4 is 15.4 Å². The zero-order chi connectivity index (χ0) is 22.5. The Morgan fingerprint density at radius 3 is 1.80 bits per heavy atom.